The van der Waals surface area contributed by atoms with Crippen molar-refractivity contribution in [2.24, 2.45) is 4.99 Å². The minimum atomic E-state index is -0.399. The fraction of sp³-hybridized carbons (Fsp3) is 0.400. The molecule has 1 aliphatic carbocycles. The molecule has 0 saturated heterocycles. The lowest BCUT2D eigenvalue weighted by molar-refractivity contribution is 0.100. The molecule has 0 spiro atoms. The van der Waals surface area contributed by atoms with E-state index in [0.29, 0.717) is 29.1 Å². The molecule has 0 heterocycles. The van der Waals surface area contributed by atoms with Crippen molar-refractivity contribution in [2.75, 3.05) is 6.54 Å². The smallest absolute Gasteiger partial charge is 0.277 e. The third-order valence-corrected chi connectivity index (χ3v) is 5.30. The Morgan fingerprint density at radius 1 is 1.32 bits per heavy atom. The number of carbonyl (C=O) groups excluding carboxylic acids is 1. The fourth-order valence-corrected chi connectivity index (χ4v) is 3.90. The van der Waals surface area contributed by atoms with Crippen molar-refractivity contribution < 1.29 is 14.6 Å². The Kier molecular flexibility index (Phi) is 7.21. The second-order valence-electron chi connectivity index (χ2n) is 8.21. The maximum Gasteiger partial charge on any atom is 0.277 e. The third kappa shape index (κ3) is 5.38. The van der Waals surface area contributed by atoms with Gasteiger partial charge in [-0.05, 0) is 75.4 Å². The van der Waals surface area contributed by atoms with Crippen LogP contribution in [0.25, 0.3) is 0 Å². The van der Waals surface area contributed by atoms with Crippen LogP contribution in [0, 0.1) is 11.3 Å². The van der Waals surface area contributed by atoms with Crippen LogP contribution in [0.15, 0.2) is 41.4 Å². The van der Waals surface area contributed by atoms with Gasteiger partial charge in [0.1, 0.15) is 11.8 Å². The summed E-state index contributed by atoms with van der Waals surface area (Å²) in [6.07, 6.45) is 1.38. The number of rotatable bonds is 7. The summed E-state index contributed by atoms with van der Waals surface area (Å²) in [6.45, 7) is 7.91. The van der Waals surface area contributed by atoms with Crippen LogP contribution in [0.5, 0.6) is 5.75 Å². The van der Waals surface area contributed by atoms with E-state index in [2.05, 4.69) is 22.4 Å². The van der Waals surface area contributed by atoms with Crippen LogP contribution in [0.4, 0.5) is 0 Å². The summed E-state index contributed by atoms with van der Waals surface area (Å²) in [5.41, 5.74) is 4.68. The molecular formula is C25H29N3O3. The second kappa shape index (κ2) is 9.86. The number of aliphatic hydroxyl groups is 1. The summed E-state index contributed by atoms with van der Waals surface area (Å²) in [6, 6.07) is 13.2. The molecule has 3 rings (SSSR count). The SMILES string of the molecule is CC(=NC(=O)c1ccc(OC(C)C)c(C#N)c1)c1cccc2c1CCC2NCC(C)O. The van der Waals surface area contributed by atoms with Gasteiger partial charge in [-0.25, -0.2) is 4.99 Å². The summed E-state index contributed by atoms with van der Waals surface area (Å²) < 4.78 is 5.63. The lowest BCUT2D eigenvalue weighted by Crippen LogP contribution is -2.27. The second-order valence-corrected chi connectivity index (χ2v) is 8.21. The molecule has 6 nitrogen and oxygen atoms in total. The number of fused-ring (bicyclic) bond motifs is 1. The largest absolute Gasteiger partial charge is 0.490 e. The number of ether oxygens (including phenoxy) is 1. The summed E-state index contributed by atoms with van der Waals surface area (Å²) in [4.78, 5) is 17.1. The zero-order valence-electron chi connectivity index (χ0n) is 18.5. The van der Waals surface area contributed by atoms with Crippen molar-refractivity contribution in [3.63, 3.8) is 0 Å². The van der Waals surface area contributed by atoms with E-state index >= 15 is 0 Å². The number of benzene rings is 2. The maximum absolute atomic E-state index is 12.8. The molecule has 2 aromatic carbocycles. The molecule has 0 bridgehead atoms. The average Bonchev–Trinajstić information content (AvgIpc) is 3.15. The average molecular weight is 420 g/mol. The van der Waals surface area contributed by atoms with Gasteiger partial charge in [-0.1, -0.05) is 18.2 Å². The van der Waals surface area contributed by atoms with Gasteiger partial charge in [-0.15, -0.1) is 0 Å². The van der Waals surface area contributed by atoms with Crippen LogP contribution in [-0.4, -0.2) is 35.5 Å². The standard InChI is InChI=1S/C25H29N3O3/c1-15(2)31-24-11-8-18(12-19(24)13-26)25(30)28-17(4)20-6-5-7-22-21(20)9-10-23(22)27-14-16(3)29/h5-8,11-12,15-16,23,27,29H,9-10,14H2,1-4H3. The first-order chi connectivity index (χ1) is 14.8. The van der Waals surface area contributed by atoms with Crippen LogP contribution in [0.2, 0.25) is 0 Å². The Hall–Kier alpha value is -3.01. The molecule has 2 unspecified atom stereocenters. The quantitative estimate of drug-likeness (QED) is 0.663. The van der Waals surface area contributed by atoms with Gasteiger partial charge in [-0.3, -0.25) is 4.79 Å². The number of hydrogen-bond acceptors (Lipinski definition) is 5. The summed E-state index contributed by atoms with van der Waals surface area (Å²) in [5.74, 6) is 0.0795. The van der Waals surface area contributed by atoms with Crippen molar-refractivity contribution in [3.8, 4) is 11.8 Å². The molecule has 0 aromatic heterocycles. The highest BCUT2D eigenvalue weighted by molar-refractivity contribution is 6.10. The Labute approximate surface area is 183 Å². The number of aliphatic imine (C=N–C) groups is 1. The first kappa shape index (κ1) is 22.7. The number of hydrogen-bond donors (Lipinski definition) is 2. The lowest BCUT2D eigenvalue weighted by Gasteiger charge is -2.16. The van der Waals surface area contributed by atoms with Crippen molar-refractivity contribution in [3.05, 3.63) is 64.2 Å². The first-order valence-corrected chi connectivity index (χ1v) is 10.6. The zero-order chi connectivity index (χ0) is 22.5. The topological polar surface area (TPSA) is 94.7 Å². The van der Waals surface area contributed by atoms with E-state index in [0.717, 1.165) is 18.4 Å². The van der Waals surface area contributed by atoms with Crippen LogP contribution >= 0.6 is 0 Å². The normalized spacial score (nSPS) is 16.7. The van der Waals surface area contributed by atoms with Gasteiger partial charge in [0, 0.05) is 23.9 Å². The number of nitriles is 1. The molecule has 0 radical (unpaired) electrons. The zero-order valence-corrected chi connectivity index (χ0v) is 18.5. The predicted octanol–water partition coefficient (Wildman–Crippen LogP) is 3.95. The monoisotopic (exact) mass is 419 g/mol. The molecular weight excluding hydrogens is 390 g/mol. The molecule has 0 saturated carbocycles. The maximum atomic E-state index is 12.8. The highest BCUT2D eigenvalue weighted by Gasteiger charge is 2.25. The highest BCUT2D eigenvalue weighted by atomic mass is 16.5. The van der Waals surface area contributed by atoms with Crippen molar-refractivity contribution >= 4 is 11.6 Å². The minimum absolute atomic E-state index is 0.0620. The Balaban J connectivity index is 1.84. The minimum Gasteiger partial charge on any atom is -0.490 e. The summed E-state index contributed by atoms with van der Waals surface area (Å²) >= 11 is 0. The highest BCUT2D eigenvalue weighted by Crippen LogP contribution is 2.33. The van der Waals surface area contributed by atoms with Crippen molar-refractivity contribution in [1.29, 1.82) is 5.26 Å². The fourth-order valence-electron chi connectivity index (χ4n) is 3.90. The number of amides is 1. The van der Waals surface area contributed by atoms with Crippen LogP contribution in [-0.2, 0) is 6.42 Å². The van der Waals surface area contributed by atoms with Crippen LogP contribution in [0.1, 0.15) is 72.8 Å². The molecule has 2 aromatic rings. The first-order valence-electron chi connectivity index (χ1n) is 10.6. The van der Waals surface area contributed by atoms with Crippen LogP contribution < -0.4 is 10.1 Å². The van der Waals surface area contributed by atoms with Crippen molar-refractivity contribution in [1.82, 2.24) is 5.32 Å². The molecule has 6 heteroatoms. The van der Waals surface area contributed by atoms with Crippen LogP contribution in [0.3, 0.4) is 0 Å². The Morgan fingerprint density at radius 3 is 2.77 bits per heavy atom. The number of nitrogens with one attached hydrogen (secondary N) is 1. The van der Waals surface area contributed by atoms with E-state index in [1.807, 2.05) is 32.9 Å². The van der Waals surface area contributed by atoms with Gasteiger partial charge >= 0.3 is 0 Å². The van der Waals surface area contributed by atoms with E-state index < -0.39 is 6.10 Å². The number of nitrogens with zero attached hydrogens (tertiary/aromatic N) is 2. The molecule has 0 aliphatic heterocycles. The third-order valence-electron chi connectivity index (χ3n) is 5.30. The van der Waals surface area contributed by atoms with Gasteiger partial charge in [0.05, 0.1) is 17.8 Å². The molecule has 0 fully saturated rings. The van der Waals surface area contributed by atoms with Gasteiger partial charge in [0.15, 0.2) is 0 Å². The van der Waals surface area contributed by atoms with E-state index in [-0.39, 0.29) is 18.1 Å². The Bertz CT molecular complexity index is 1030. The van der Waals surface area contributed by atoms with E-state index in [9.17, 15) is 15.2 Å². The summed E-state index contributed by atoms with van der Waals surface area (Å²) in [7, 11) is 0. The van der Waals surface area contributed by atoms with E-state index in [1.54, 1.807) is 19.1 Å². The molecule has 1 amide bonds. The molecule has 31 heavy (non-hydrogen) atoms. The Morgan fingerprint density at radius 2 is 2.10 bits per heavy atom. The molecule has 2 atom stereocenters. The summed E-state index contributed by atoms with van der Waals surface area (Å²) in [5, 5.41) is 22.4. The molecule has 162 valence electrons. The predicted molar refractivity (Wildman–Crippen MR) is 121 cm³/mol. The number of aliphatic hydroxyl groups excluding tert-OH is 1. The van der Waals surface area contributed by atoms with Gasteiger partial charge in [-0.2, -0.15) is 5.26 Å². The van der Waals surface area contributed by atoms with Gasteiger partial charge in [0.25, 0.3) is 5.91 Å². The lowest BCUT2D eigenvalue weighted by atomic mass is 9.99. The van der Waals surface area contributed by atoms with E-state index in [4.69, 9.17) is 4.74 Å². The molecule has 2 N–H and O–H groups in total. The number of carbonyl (C=O) groups is 1. The van der Waals surface area contributed by atoms with E-state index in [1.165, 1.54) is 17.2 Å². The van der Waals surface area contributed by atoms with Gasteiger partial charge < -0.3 is 15.2 Å². The molecule has 1 aliphatic rings. The van der Waals surface area contributed by atoms with Gasteiger partial charge in [0.2, 0.25) is 0 Å². The van der Waals surface area contributed by atoms with Crippen molar-refractivity contribution in [2.45, 2.75) is 58.8 Å².